The molecule has 14 heavy (non-hydrogen) atoms. The Morgan fingerprint density at radius 1 is 1.43 bits per heavy atom. The number of hydrogen-bond acceptors (Lipinski definition) is 3. The molecule has 1 aliphatic rings. The highest BCUT2D eigenvalue weighted by molar-refractivity contribution is 7.90. The molecule has 0 amide bonds. The lowest BCUT2D eigenvalue weighted by molar-refractivity contribution is 0.539. The molecule has 1 saturated carbocycles. The molecule has 1 fully saturated rings. The predicted molar refractivity (Wildman–Crippen MR) is 57.7 cm³/mol. The highest BCUT2D eigenvalue weighted by Crippen LogP contribution is 2.35. The molecule has 0 aromatic carbocycles. The first-order chi connectivity index (χ1) is 6.40. The maximum atomic E-state index is 11.7. The van der Waals surface area contributed by atoms with Crippen LogP contribution in [0.5, 0.6) is 0 Å². The van der Waals surface area contributed by atoms with Crippen molar-refractivity contribution in [3.05, 3.63) is 0 Å². The first-order valence-electron chi connectivity index (χ1n) is 5.13. The van der Waals surface area contributed by atoms with E-state index in [1.165, 1.54) is 0 Å². The molecule has 0 radical (unpaired) electrons. The summed E-state index contributed by atoms with van der Waals surface area (Å²) in [7, 11) is -3.14. The molecule has 1 unspecified atom stereocenters. The van der Waals surface area contributed by atoms with E-state index in [-0.39, 0.29) is 10.8 Å². The third-order valence-electron chi connectivity index (χ3n) is 2.60. The Morgan fingerprint density at radius 3 is 2.43 bits per heavy atom. The summed E-state index contributed by atoms with van der Waals surface area (Å²) in [4.78, 5) is 0. The van der Waals surface area contributed by atoms with E-state index in [0.29, 0.717) is 6.54 Å². The maximum absolute atomic E-state index is 11.7. The first kappa shape index (κ1) is 11.9. The van der Waals surface area contributed by atoms with Gasteiger partial charge in [0.2, 0.25) is 10.0 Å². The topological polar surface area (TPSA) is 58.2 Å². The van der Waals surface area contributed by atoms with E-state index in [0.717, 1.165) is 19.4 Å². The quantitative estimate of drug-likeness (QED) is 0.683. The molecule has 4 nitrogen and oxygen atoms in total. The van der Waals surface area contributed by atoms with Crippen LogP contribution in [0.2, 0.25) is 0 Å². The van der Waals surface area contributed by atoms with E-state index in [2.05, 4.69) is 10.0 Å². The zero-order chi connectivity index (χ0) is 10.8. The van der Waals surface area contributed by atoms with Crippen molar-refractivity contribution < 1.29 is 8.42 Å². The van der Waals surface area contributed by atoms with Crippen LogP contribution in [-0.4, -0.2) is 32.3 Å². The second-order valence-electron chi connectivity index (χ2n) is 4.33. The molecular formula is C9H20N2O2S. The van der Waals surface area contributed by atoms with Gasteiger partial charge in [0, 0.05) is 12.1 Å². The van der Waals surface area contributed by atoms with E-state index in [1.54, 1.807) is 6.92 Å². The Balaban J connectivity index is 2.47. The SMILES string of the molecule is CCNCC(C)S(=O)(=O)NC1(C)CC1. The zero-order valence-electron chi connectivity index (χ0n) is 9.13. The highest BCUT2D eigenvalue weighted by Gasteiger charge is 2.41. The monoisotopic (exact) mass is 220 g/mol. The normalized spacial score (nSPS) is 21.9. The summed E-state index contributed by atoms with van der Waals surface area (Å²) in [5.74, 6) is 0. The van der Waals surface area contributed by atoms with Gasteiger partial charge in [-0.25, -0.2) is 13.1 Å². The van der Waals surface area contributed by atoms with E-state index >= 15 is 0 Å². The third kappa shape index (κ3) is 3.22. The molecule has 1 rings (SSSR count). The number of hydrogen-bond donors (Lipinski definition) is 2. The van der Waals surface area contributed by atoms with E-state index in [9.17, 15) is 8.42 Å². The summed E-state index contributed by atoms with van der Waals surface area (Å²) < 4.78 is 26.2. The van der Waals surface area contributed by atoms with Crippen LogP contribution in [0.4, 0.5) is 0 Å². The fourth-order valence-corrected chi connectivity index (χ4v) is 2.62. The molecule has 84 valence electrons. The lowest BCUT2D eigenvalue weighted by Gasteiger charge is -2.17. The first-order valence-corrected chi connectivity index (χ1v) is 6.68. The fourth-order valence-electron chi connectivity index (χ4n) is 1.19. The number of rotatable bonds is 6. The van der Waals surface area contributed by atoms with Crippen molar-refractivity contribution >= 4 is 10.0 Å². The Hall–Kier alpha value is -0.130. The molecule has 1 atom stereocenters. The molecule has 0 aliphatic heterocycles. The van der Waals surface area contributed by atoms with E-state index < -0.39 is 10.0 Å². The molecule has 0 saturated heterocycles. The van der Waals surface area contributed by atoms with Crippen LogP contribution < -0.4 is 10.0 Å². The van der Waals surface area contributed by atoms with E-state index in [4.69, 9.17) is 0 Å². The lowest BCUT2D eigenvalue weighted by Crippen LogP contribution is -2.43. The average Bonchev–Trinajstić information content (AvgIpc) is 2.77. The second kappa shape index (κ2) is 4.16. The lowest BCUT2D eigenvalue weighted by atomic mass is 10.4. The zero-order valence-corrected chi connectivity index (χ0v) is 9.95. The van der Waals surface area contributed by atoms with Gasteiger partial charge < -0.3 is 5.32 Å². The van der Waals surface area contributed by atoms with Crippen molar-refractivity contribution in [1.82, 2.24) is 10.0 Å². The molecule has 0 bridgehead atoms. The van der Waals surface area contributed by atoms with Gasteiger partial charge in [0.05, 0.1) is 5.25 Å². The Kier molecular flexibility index (Phi) is 3.55. The number of sulfonamides is 1. The largest absolute Gasteiger partial charge is 0.316 e. The minimum Gasteiger partial charge on any atom is -0.316 e. The molecule has 2 N–H and O–H groups in total. The summed E-state index contributed by atoms with van der Waals surface area (Å²) in [6, 6.07) is 0. The Labute approximate surface area is 86.5 Å². The van der Waals surface area contributed by atoms with Gasteiger partial charge >= 0.3 is 0 Å². The Bertz CT molecular complexity index is 283. The summed E-state index contributed by atoms with van der Waals surface area (Å²) >= 11 is 0. The molecule has 0 spiro atoms. The van der Waals surface area contributed by atoms with Crippen molar-refractivity contribution in [2.75, 3.05) is 13.1 Å². The molecule has 0 aromatic heterocycles. The van der Waals surface area contributed by atoms with Gasteiger partial charge in [0.15, 0.2) is 0 Å². The predicted octanol–water partition coefficient (Wildman–Crippen LogP) is 0.456. The standard InChI is InChI=1S/C9H20N2O2S/c1-4-10-7-8(2)14(12,13)11-9(3)5-6-9/h8,10-11H,4-7H2,1-3H3. The van der Waals surface area contributed by atoms with Crippen molar-refractivity contribution in [2.24, 2.45) is 0 Å². The fraction of sp³-hybridized carbons (Fsp3) is 1.00. The van der Waals surface area contributed by atoms with Crippen molar-refractivity contribution in [3.8, 4) is 0 Å². The van der Waals surface area contributed by atoms with Crippen LogP contribution in [-0.2, 0) is 10.0 Å². The molecule has 0 aromatic rings. The average molecular weight is 220 g/mol. The van der Waals surface area contributed by atoms with Crippen molar-refractivity contribution in [1.29, 1.82) is 0 Å². The third-order valence-corrected chi connectivity index (χ3v) is 4.60. The van der Waals surface area contributed by atoms with Crippen LogP contribution in [0.25, 0.3) is 0 Å². The van der Waals surface area contributed by atoms with Gasteiger partial charge in [-0.05, 0) is 33.2 Å². The van der Waals surface area contributed by atoms with Gasteiger partial charge in [0.25, 0.3) is 0 Å². The van der Waals surface area contributed by atoms with Crippen LogP contribution >= 0.6 is 0 Å². The van der Waals surface area contributed by atoms with Crippen molar-refractivity contribution in [2.45, 2.75) is 44.4 Å². The molecule has 0 heterocycles. The number of nitrogens with one attached hydrogen (secondary N) is 2. The van der Waals surface area contributed by atoms with Crippen LogP contribution in [0.3, 0.4) is 0 Å². The van der Waals surface area contributed by atoms with Gasteiger partial charge in [-0.1, -0.05) is 6.92 Å². The van der Waals surface area contributed by atoms with E-state index in [1.807, 2.05) is 13.8 Å². The van der Waals surface area contributed by atoms with Crippen LogP contribution in [0.15, 0.2) is 0 Å². The maximum Gasteiger partial charge on any atom is 0.215 e. The molecule has 5 heteroatoms. The van der Waals surface area contributed by atoms with Gasteiger partial charge in [-0.15, -0.1) is 0 Å². The summed E-state index contributed by atoms with van der Waals surface area (Å²) in [5, 5.41) is 2.68. The second-order valence-corrected chi connectivity index (χ2v) is 6.42. The summed E-state index contributed by atoms with van der Waals surface area (Å²) in [5.41, 5.74) is -0.153. The van der Waals surface area contributed by atoms with Crippen molar-refractivity contribution in [3.63, 3.8) is 0 Å². The van der Waals surface area contributed by atoms with Gasteiger partial charge in [0.1, 0.15) is 0 Å². The van der Waals surface area contributed by atoms with Gasteiger partial charge in [-0.3, -0.25) is 0 Å². The minimum absolute atomic E-state index is 0.153. The summed E-state index contributed by atoms with van der Waals surface area (Å²) in [6.07, 6.45) is 1.92. The molecular weight excluding hydrogens is 200 g/mol. The minimum atomic E-state index is -3.14. The summed E-state index contributed by atoms with van der Waals surface area (Å²) in [6.45, 7) is 6.97. The highest BCUT2D eigenvalue weighted by atomic mass is 32.2. The smallest absolute Gasteiger partial charge is 0.215 e. The van der Waals surface area contributed by atoms with Gasteiger partial charge in [-0.2, -0.15) is 0 Å². The van der Waals surface area contributed by atoms with Crippen LogP contribution in [0, 0.1) is 0 Å². The van der Waals surface area contributed by atoms with Crippen LogP contribution in [0.1, 0.15) is 33.6 Å². The molecule has 1 aliphatic carbocycles. The Morgan fingerprint density at radius 2 is 2.00 bits per heavy atom.